The summed E-state index contributed by atoms with van der Waals surface area (Å²) >= 11 is 0. The Morgan fingerprint density at radius 2 is 1.30 bits per heavy atom. The highest BCUT2D eigenvalue weighted by Crippen LogP contribution is 2.59. The first kappa shape index (κ1) is 27.2. The van der Waals surface area contributed by atoms with E-state index in [2.05, 4.69) is 155 Å². The molecular formula is C42H39N. The van der Waals surface area contributed by atoms with E-state index in [0.29, 0.717) is 11.8 Å². The van der Waals surface area contributed by atoms with Gasteiger partial charge in [0.25, 0.3) is 0 Å². The van der Waals surface area contributed by atoms with Crippen molar-refractivity contribution < 1.29 is 0 Å². The molecule has 0 unspecified atom stereocenters. The van der Waals surface area contributed by atoms with Crippen LogP contribution in [0.4, 0.5) is 0 Å². The molecule has 0 amide bonds. The van der Waals surface area contributed by atoms with Crippen molar-refractivity contribution in [3.63, 3.8) is 0 Å². The van der Waals surface area contributed by atoms with Crippen LogP contribution in [0.3, 0.4) is 0 Å². The summed E-state index contributed by atoms with van der Waals surface area (Å²) in [6.07, 6.45) is 4.09. The van der Waals surface area contributed by atoms with Crippen LogP contribution < -0.4 is 0 Å². The second-order valence-corrected chi connectivity index (χ2v) is 12.7. The maximum atomic E-state index is 4.38. The number of rotatable bonds is 6. The normalized spacial score (nSPS) is 13.6. The zero-order valence-electron chi connectivity index (χ0n) is 25.9. The molecule has 6 aromatic rings. The van der Waals surface area contributed by atoms with Crippen LogP contribution in [-0.4, -0.2) is 4.57 Å². The maximum Gasteiger partial charge on any atom is 0.0543 e. The summed E-state index contributed by atoms with van der Waals surface area (Å²) in [5.41, 5.74) is 15.0. The summed E-state index contributed by atoms with van der Waals surface area (Å²) in [5.74, 6) is 0.807. The minimum atomic E-state index is -0.123. The molecule has 0 N–H and O–H groups in total. The number of benzene rings is 5. The van der Waals surface area contributed by atoms with Crippen LogP contribution in [0.25, 0.3) is 61.9 Å². The van der Waals surface area contributed by atoms with Crippen LogP contribution >= 0.6 is 0 Å². The minimum absolute atomic E-state index is 0.123. The van der Waals surface area contributed by atoms with Crippen LogP contribution in [-0.2, 0) is 5.41 Å². The molecule has 0 radical (unpaired) electrons. The number of fused-ring (bicyclic) bond motifs is 6. The summed E-state index contributed by atoms with van der Waals surface area (Å²) in [6, 6.07) is 35.9. The first-order valence-electron chi connectivity index (χ1n) is 15.5. The Labute approximate surface area is 255 Å². The molecule has 0 atom stereocenters. The average Bonchev–Trinajstić information content (AvgIpc) is 3.50. The standard InChI is InChI=1S/C42H39N/c1-8-31-32(9-2)41-34-21-19-28(7)23-36(34)42(26(3)4,27(5)6)37(41)25-40(31)43-38-18-14-13-17-33(38)35-24-30(20-22-39(35)43)29-15-11-10-12-16-29/h8-27H,1-2H2,3-7H3. The highest BCUT2D eigenvalue weighted by Gasteiger charge is 2.49. The maximum absolute atomic E-state index is 4.38. The van der Waals surface area contributed by atoms with Crippen LogP contribution in [0.15, 0.2) is 110 Å². The molecule has 1 heteroatoms. The number of hydrogen-bond acceptors (Lipinski definition) is 0. The summed E-state index contributed by atoms with van der Waals surface area (Å²) in [4.78, 5) is 0. The van der Waals surface area contributed by atoms with E-state index >= 15 is 0 Å². The molecule has 0 saturated carbocycles. The van der Waals surface area contributed by atoms with Crippen molar-refractivity contribution in [2.75, 3.05) is 0 Å². The van der Waals surface area contributed by atoms with E-state index in [1.54, 1.807) is 0 Å². The quantitative estimate of drug-likeness (QED) is 0.192. The molecule has 0 spiro atoms. The number of aryl methyl sites for hydroxylation is 1. The zero-order valence-corrected chi connectivity index (χ0v) is 25.9. The third-order valence-electron chi connectivity index (χ3n) is 9.97. The largest absolute Gasteiger partial charge is 0.309 e. The number of aromatic nitrogens is 1. The van der Waals surface area contributed by atoms with Gasteiger partial charge in [-0.1, -0.05) is 131 Å². The van der Waals surface area contributed by atoms with Gasteiger partial charge in [0.1, 0.15) is 0 Å². The van der Waals surface area contributed by atoms with Crippen molar-refractivity contribution in [2.24, 2.45) is 11.8 Å². The van der Waals surface area contributed by atoms with E-state index < -0.39 is 0 Å². The van der Waals surface area contributed by atoms with E-state index in [0.717, 1.165) is 11.3 Å². The van der Waals surface area contributed by atoms with Crippen molar-refractivity contribution in [3.8, 4) is 27.9 Å². The lowest BCUT2D eigenvalue weighted by atomic mass is 9.62. The molecule has 5 aromatic carbocycles. The Hall–Kier alpha value is -4.62. The lowest BCUT2D eigenvalue weighted by molar-refractivity contribution is 0.280. The molecule has 1 heterocycles. The Balaban J connectivity index is 1.62. The van der Waals surface area contributed by atoms with Gasteiger partial charge < -0.3 is 4.57 Å². The second-order valence-electron chi connectivity index (χ2n) is 12.7. The van der Waals surface area contributed by atoms with E-state index in [4.69, 9.17) is 0 Å². The summed E-state index contributed by atoms with van der Waals surface area (Å²) < 4.78 is 2.46. The van der Waals surface area contributed by atoms with Crippen molar-refractivity contribution >= 4 is 34.0 Å². The van der Waals surface area contributed by atoms with Gasteiger partial charge in [-0.15, -0.1) is 0 Å². The van der Waals surface area contributed by atoms with Gasteiger partial charge in [-0.05, 0) is 82.0 Å². The van der Waals surface area contributed by atoms with E-state index in [1.165, 1.54) is 66.3 Å². The molecule has 212 valence electrons. The monoisotopic (exact) mass is 557 g/mol. The van der Waals surface area contributed by atoms with E-state index in [9.17, 15) is 0 Å². The van der Waals surface area contributed by atoms with Gasteiger partial charge in [-0.25, -0.2) is 0 Å². The highest BCUT2D eigenvalue weighted by atomic mass is 15.0. The van der Waals surface area contributed by atoms with E-state index in [1.807, 2.05) is 6.08 Å². The molecule has 1 aliphatic rings. The molecule has 1 aliphatic carbocycles. The first-order valence-corrected chi connectivity index (χ1v) is 15.5. The van der Waals surface area contributed by atoms with Gasteiger partial charge in [-0.2, -0.15) is 0 Å². The molecule has 1 aromatic heterocycles. The Morgan fingerprint density at radius 3 is 2.00 bits per heavy atom. The lowest BCUT2D eigenvalue weighted by Crippen LogP contribution is -2.37. The molecule has 0 saturated heterocycles. The van der Waals surface area contributed by atoms with Crippen molar-refractivity contribution in [1.82, 2.24) is 4.57 Å². The predicted octanol–water partition coefficient (Wildman–Crippen LogP) is 11.6. The van der Waals surface area contributed by atoms with Crippen LogP contribution in [0, 0.1) is 18.8 Å². The third kappa shape index (κ3) is 3.70. The molecule has 1 nitrogen and oxygen atoms in total. The zero-order chi connectivity index (χ0) is 30.0. The number of hydrogen-bond donors (Lipinski definition) is 0. The fraction of sp³-hybridized carbons (Fsp3) is 0.190. The van der Waals surface area contributed by atoms with Gasteiger partial charge in [0.05, 0.1) is 16.7 Å². The second kappa shape index (κ2) is 9.99. The fourth-order valence-electron chi connectivity index (χ4n) is 8.25. The Morgan fingerprint density at radius 1 is 0.628 bits per heavy atom. The van der Waals surface area contributed by atoms with Gasteiger partial charge in [0.15, 0.2) is 0 Å². The Bertz CT molecular complexity index is 2060. The van der Waals surface area contributed by atoms with Gasteiger partial charge in [-0.3, -0.25) is 0 Å². The first-order chi connectivity index (χ1) is 20.8. The molecule has 0 aliphatic heterocycles. The molecule has 7 rings (SSSR count). The highest BCUT2D eigenvalue weighted by molar-refractivity contribution is 6.11. The predicted molar refractivity (Wildman–Crippen MR) is 187 cm³/mol. The molecule has 43 heavy (non-hydrogen) atoms. The van der Waals surface area contributed by atoms with Gasteiger partial charge in [0.2, 0.25) is 0 Å². The summed E-state index contributed by atoms with van der Waals surface area (Å²) in [6.45, 7) is 20.5. The smallest absolute Gasteiger partial charge is 0.0543 e. The minimum Gasteiger partial charge on any atom is -0.309 e. The fourth-order valence-corrected chi connectivity index (χ4v) is 8.25. The van der Waals surface area contributed by atoms with Gasteiger partial charge in [0, 0.05) is 21.8 Å². The number of para-hydroxylation sites is 1. The van der Waals surface area contributed by atoms with Crippen LogP contribution in [0.2, 0.25) is 0 Å². The van der Waals surface area contributed by atoms with E-state index in [-0.39, 0.29) is 5.41 Å². The third-order valence-corrected chi connectivity index (χ3v) is 9.97. The molecule has 0 bridgehead atoms. The van der Waals surface area contributed by atoms with Crippen molar-refractivity contribution in [3.05, 3.63) is 138 Å². The lowest BCUT2D eigenvalue weighted by Gasteiger charge is -2.41. The summed E-state index contributed by atoms with van der Waals surface area (Å²) in [7, 11) is 0. The van der Waals surface area contributed by atoms with Crippen molar-refractivity contribution in [1.29, 1.82) is 0 Å². The molecular weight excluding hydrogens is 518 g/mol. The molecule has 0 fully saturated rings. The van der Waals surface area contributed by atoms with Gasteiger partial charge >= 0.3 is 0 Å². The Kier molecular flexibility index (Phi) is 6.32. The average molecular weight is 558 g/mol. The SMILES string of the molecule is C=Cc1c(-n2c3ccccc3c3cc(-c4ccccc4)ccc32)cc2c(c1C=C)-c1ccc(C)cc1C2(C(C)C)C(C)C. The topological polar surface area (TPSA) is 4.93 Å². The van der Waals surface area contributed by atoms with Crippen LogP contribution in [0.1, 0.15) is 55.5 Å². The number of nitrogens with zero attached hydrogens (tertiary/aromatic N) is 1. The summed E-state index contributed by atoms with van der Waals surface area (Å²) in [5, 5.41) is 2.51. The van der Waals surface area contributed by atoms with Crippen molar-refractivity contribution in [2.45, 2.75) is 40.0 Å². The van der Waals surface area contributed by atoms with Crippen LogP contribution in [0.5, 0.6) is 0 Å².